The van der Waals surface area contributed by atoms with Gasteiger partial charge in [0.1, 0.15) is 5.75 Å². The Kier molecular flexibility index (Phi) is 5.10. The minimum absolute atomic E-state index is 0.00114. The number of phenolic OH excluding ortho intramolecular Hbond substituents is 1. The first-order chi connectivity index (χ1) is 14.4. The SMILES string of the molecule is CC(OC(N)=O)(Sc1ccc(C=O)c2ccccc12)c1c(O)ccc2ccccc12. The molecule has 6 heteroatoms. The Morgan fingerprint density at radius 2 is 1.63 bits per heavy atom. The first-order valence-electron chi connectivity index (χ1n) is 9.28. The molecule has 0 heterocycles. The highest BCUT2D eigenvalue weighted by Gasteiger charge is 2.37. The quantitative estimate of drug-likeness (QED) is 0.252. The molecule has 0 bridgehead atoms. The van der Waals surface area contributed by atoms with Gasteiger partial charge in [-0.2, -0.15) is 0 Å². The average molecular weight is 417 g/mol. The number of ether oxygens (including phenoxy) is 1. The summed E-state index contributed by atoms with van der Waals surface area (Å²) in [4.78, 5) is 22.8. The van der Waals surface area contributed by atoms with Gasteiger partial charge in [-0.05, 0) is 46.7 Å². The standard InChI is InChI=1S/C24H19NO4S/c1-24(29-23(25)28,22-18-8-3-2-6-15(18)10-12-20(22)27)30-21-13-11-16(14-26)17-7-4-5-9-19(17)21/h2-14,27H,1H3,(H2,25,28). The molecular weight excluding hydrogens is 398 g/mol. The van der Waals surface area contributed by atoms with Crippen LogP contribution in [0, 0.1) is 0 Å². The Bertz CT molecular complexity index is 1290. The number of aldehydes is 1. The van der Waals surface area contributed by atoms with Crippen LogP contribution in [0.25, 0.3) is 21.5 Å². The third-order valence-electron chi connectivity index (χ3n) is 5.01. The minimum atomic E-state index is -1.32. The summed E-state index contributed by atoms with van der Waals surface area (Å²) in [6.07, 6.45) is -0.141. The fourth-order valence-electron chi connectivity index (χ4n) is 3.75. The predicted molar refractivity (Wildman–Crippen MR) is 119 cm³/mol. The maximum Gasteiger partial charge on any atom is 0.406 e. The Balaban J connectivity index is 1.94. The van der Waals surface area contributed by atoms with E-state index in [1.165, 1.54) is 11.8 Å². The van der Waals surface area contributed by atoms with Crippen LogP contribution in [0.15, 0.2) is 77.7 Å². The summed E-state index contributed by atoms with van der Waals surface area (Å²) in [7, 11) is 0. The minimum Gasteiger partial charge on any atom is -0.507 e. The number of thioether (sulfide) groups is 1. The maximum absolute atomic E-state index is 11.8. The number of rotatable bonds is 5. The Morgan fingerprint density at radius 3 is 2.33 bits per heavy atom. The van der Waals surface area contributed by atoms with Crippen LogP contribution in [0.1, 0.15) is 22.8 Å². The van der Waals surface area contributed by atoms with Crippen molar-refractivity contribution >= 4 is 45.7 Å². The monoisotopic (exact) mass is 417 g/mol. The number of phenols is 1. The highest BCUT2D eigenvalue weighted by molar-refractivity contribution is 8.00. The molecule has 5 nitrogen and oxygen atoms in total. The second kappa shape index (κ2) is 7.72. The lowest BCUT2D eigenvalue weighted by atomic mass is 9.99. The summed E-state index contributed by atoms with van der Waals surface area (Å²) in [5, 5.41) is 14.0. The van der Waals surface area contributed by atoms with E-state index in [0.29, 0.717) is 11.1 Å². The van der Waals surface area contributed by atoms with Crippen molar-refractivity contribution in [2.75, 3.05) is 0 Å². The summed E-state index contributed by atoms with van der Waals surface area (Å²) < 4.78 is 5.59. The number of nitrogens with two attached hydrogens (primary N) is 1. The number of primary amides is 1. The molecule has 1 atom stereocenters. The van der Waals surface area contributed by atoms with E-state index in [0.717, 1.165) is 32.7 Å². The molecule has 0 aliphatic heterocycles. The lowest BCUT2D eigenvalue weighted by Gasteiger charge is -2.30. The number of hydrogen-bond donors (Lipinski definition) is 2. The molecule has 0 saturated carbocycles. The van der Waals surface area contributed by atoms with Crippen molar-refractivity contribution in [1.29, 1.82) is 0 Å². The predicted octanol–water partition coefficient (Wildman–Crippen LogP) is 5.57. The van der Waals surface area contributed by atoms with E-state index in [1.54, 1.807) is 25.1 Å². The molecule has 4 aromatic rings. The topological polar surface area (TPSA) is 89.6 Å². The van der Waals surface area contributed by atoms with Crippen LogP contribution in [-0.4, -0.2) is 17.5 Å². The molecule has 0 aromatic heterocycles. The third-order valence-corrected chi connectivity index (χ3v) is 6.26. The van der Waals surface area contributed by atoms with Crippen LogP contribution < -0.4 is 5.73 Å². The molecule has 1 unspecified atom stereocenters. The molecule has 0 radical (unpaired) electrons. The lowest BCUT2D eigenvalue weighted by Crippen LogP contribution is -2.29. The van der Waals surface area contributed by atoms with Crippen molar-refractivity contribution in [3.63, 3.8) is 0 Å². The van der Waals surface area contributed by atoms with Crippen LogP contribution in [0.2, 0.25) is 0 Å². The van der Waals surface area contributed by atoms with Crippen molar-refractivity contribution in [2.24, 2.45) is 5.73 Å². The number of carbonyl (C=O) groups is 2. The maximum atomic E-state index is 11.8. The second-order valence-corrected chi connectivity index (χ2v) is 8.39. The van der Waals surface area contributed by atoms with Crippen LogP contribution in [0.4, 0.5) is 4.79 Å². The van der Waals surface area contributed by atoms with Crippen molar-refractivity contribution in [3.05, 3.63) is 83.9 Å². The summed E-state index contributed by atoms with van der Waals surface area (Å²) in [6.45, 7) is 1.70. The first kappa shape index (κ1) is 19.8. The van der Waals surface area contributed by atoms with Gasteiger partial charge in [-0.3, -0.25) is 4.79 Å². The summed E-state index contributed by atoms with van der Waals surface area (Å²) in [5.41, 5.74) is 6.44. The fraction of sp³-hybridized carbons (Fsp3) is 0.0833. The Hall–Kier alpha value is -3.51. The van der Waals surface area contributed by atoms with Gasteiger partial charge in [0.2, 0.25) is 0 Å². The van der Waals surface area contributed by atoms with Crippen molar-refractivity contribution in [1.82, 2.24) is 0 Å². The van der Waals surface area contributed by atoms with Gasteiger partial charge in [0.15, 0.2) is 11.2 Å². The van der Waals surface area contributed by atoms with E-state index in [-0.39, 0.29) is 5.75 Å². The zero-order valence-electron chi connectivity index (χ0n) is 16.2. The molecule has 150 valence electrons. The van der Waals surface area contributed by atoms with E-state index >= 15 is 0 Å². The molecule has 3 N–H and O–H groups in total. The highest BCUT2D eigenvalue weighted by atomic mass is 32.2. The highest BCUT2D eigenvalue weighted by Crippen LogP contribution is 2.49. The largest absolute Gasteiger partial charge is 0.507 e. The Labute approximate surface area is 177 Å². The van der Waals surface area contributed by atoms with Crippen LogP contribution in [0.3, 0.4) is 0 Å². The van der Waals surface area contributed by atoms with E-state index in [4.69, 9.17) is 10.5 Å². The molecule has 0 aliphatic carbocycles. The molecule has 0 aliphatic rings. The van der Waals surface area contributed by atoms with E-state index in [2.05, 4.69) is 0 Å². The van der Waals surface area contributed by atoms with Gasteiger partial charge in [-0.15, -0.1) is 0 Å². The number of benzene rings is 4. The molecule has 0 spiro atoms. The van der Waals surface area contributed by atoms with E-state index in [1.807, 2.05) is 54.6 Å². The van der Waals surface area contributed by atoms with E-state index < -0.39 is 11.0 Å². The number of fused-ring (bicyclic) bond motifs is 2. The summed E-state index contributed by atoms with van der Waals surface area (Å²) >= 11 is 1.25. The van der Waals surface area contributed by atoms with Crippen molar-refractivity contribution in [3.8, 4) is 5.75 Å². The van der Waals surface area contributed by atoms with Gasteiger partial charge in [0, 0.05) is 10.5 Å². The number of carbonyl (C=O) groups excluding carboxylic acids is 2. The van der Waals surface area contributed by atoms with Gasteiger partial charge in [-0.25, -0.2) is 4.79 Å². The van der Waals surface area contributed by atoms with Crippen LogP contribution >= 0.6 is 11.8 Å². The summed E-state index contributed by atoms with van der Waals surface area (Å²) in [5.74, 6) is -0.00114. The van der Waals surface area contributed by atoms with Gasteiger partial charge >= 0.3 is 6.09 Å². The lowest BCUT2D eigenvalue weighted by molar-refractivity contribution is 0.0942. The molecule has 1 amide bonds. The van der Waals surface area contributed by atoms with Crippen molar-refractivity contribution < 1.29 is 19.4 Å². The molecule has 4 aromatic carbocycles. The number of hydrogen-bond acceptors (Lipinski definition) is 5. The van der Waals surface area contributed by atoms with Gasteiger partial charge in [0.25, 0.3) is 0 Å². The number of aromatic hydroxyl groups is 1. The Morgan fingerprint density at radius 1 is 0.967 bits per heavy atom. The second-order valence-electron chi connectivity index (χ2n) is 6.97. The molecule has 0 fully saturated rings. The zero-order valence-corrected chi connectivity index (χ0v) is 17.0. The smallest absolute Gasteiger partial charge is 0.406 e. The molecular formula is C24H19NO4S. The van der Waals surface area contributed by atoms with Gasteiger partial charge in [0.05, 0.1) is 5.56 Å². The summed E-state index contributed by atoms with van der Waals surface area (Å²) in [6, 6.07) is 22.0. The average Bonchev–Trinajstić information content (AvgIpc) is 2.73. The first-order valence-corrected chi connectivity index (χ1v) is 10.1. The fourth-order valence-corrected chi connectivity index (χ4v) is 5.03. The normalized spacial score (nSPS) is 13.1. The molecule has 30 heavy (non-hydrogen) atoms. The van der Waals surface area contributed by atoms with Crippen molar-refractivity contribution in [2.45, 2.75) is 16.8 Å². The molecule has 4 rings (SSSR count). The van der Waals surface area contributed by atoms with Gasteiger partial charge < -0.3 is 15.6 Å². The van der Waals surface area contributed by atoms with Gasteiger partial charge in [-0.1, -0.05) is 66.4 Å². The third kappa shape index (κ3) is 3.46. The van der Waals surface area contributed by atoms with Crippen LogP contribution in [0.5, 0.6) is 5.75 Å². The molecule has 0 saturated heterocycles. The van der Waals surface area contributed by atoms with Crippen LogP contribution in [-0.2, 0) is 9.67 Å². The zero-order chi connectivity index (χ0) is 21.3. The number of amides is 1. The van der Waals surface area contributed by atoms with E-state index in [9.17, 15) is 14.7 Å².